The number of hydrogen-bond acceptors (Lipinski definition) is 4. The summed E-state index contributed by atoms with van der Waals surface area (Å²) in [5.41, 5.74) is 1.12. The molecule has 0 bridgehead atoms. The first-order chi connectivity index (χ1) is 10.2. The Morgan fingerprint density at radius 3 is 2.76 bits per heavy atom. The lowest BCUT2D eigenvalue weighted by Crippen LogP contribution is -2.00. The molecule has 6 nitrogen and oxygen atoms in total. The molecule has 0 unspecified atom stereocenters. The Morgan fingerprint density at radius 1 is 1.38 bits per heavy atom. The number of ether oxygens (including phenoxy) is 1. The van der Waals surface area contributed by atoms with Crippen molar-refractivity contribution in [1.82, 2.24) is 19.2 Å². The Balaban J connectivity index is 0.000000361. The zero-order valence-corrected chi connectivity index (χ0v) is 12.5. The number of hydrogen-bond donors (Lipinski definition) is 0. The van der Waals surface area contributed by atoms with Gasteiger partial charge in [0.1, 0.15) is 11.3 Å². The monoisotopic (exact) mass is 306 g/mol. The second-order valence-corrected chi connectivity index (χ2v) is 4.51. The Morgan fingerprint density at radius 2 is 2.14 bits per heavy atom. The van der Waals surface area contributed by atoms with E-state index in [0.29, 0.717) is 17.0 Å². The van der Waals surface area contributed by atoms with E-state index in [1.807, 2.05) is 17.5 Å². The van der Waals surface area contributed by atoms with Gasteiger partial charge in [0.25, 0.3) is 0 Å². The van der Waals surface area contributed by atoms with Crippen LogP contribution in [-0.4, -0.2) is 39.2 Å². The summed E-state index contributed by atoms with van der Waals surface area (Å²) in [5, 5.41) is 4.73. The fraction of sp³-hybridized carbons (Fsp3) is 0.214. The first-order valence-corrected chi connectivity index (χ1v) is 6.70. The average molecular weight is 307 g/mol. The van der Waals surface area contributed by atoms with Crippen molar-refractivity contribution in [2.75, 3.05) is 13.7 Å². The molecule has 0 radical (unpaired) electrons. The Hall–Kier alpha value is -2.18. The SMILES string of the molecule is CCOC.O=Cc1ccn(-c2cnc3cc(Cl)ccn23)n1. The van der Waals surface area contributed by atoms with Gasteiger partial charge in [0.15, 0.2) is 12.1 Å². The standard InChI is InChI=1S/C11H7ClN4O.C3H8O/c12-8-1-3-15-10(5-8)13-6-11(15)16-4-2-9(7-17)14-16;1-3-4-2/h1-7H;3H2,1-2H3. The molecular weight excluding hydrogens is 292 g/mol. The van der Waals surface area contributed by atoms with Crippen LogP contribution in [0, 0.1) is 0 Å². The predicted molar refractivity (Wildman–Crippen MR) is 80.3 cm³/mol. The van der Waals surface area contributed by atoms with Gasteiger partial charge in [0.2, 0.25) is 0 Å². The van der Waals surface area contributed by atoms with E-state index in [9.17, 15) is 4.79 Å². The van der Waals surface area contributed by atoms with Crippen LogP contribution in [0.1, 0.15) is 17.4 Å². The van der Waals surface area contributed by atoms with E-state index in [0.717, 1.165) is 18.1 Å². The molecule has 0 aromatic carbocycles. The van der Waals surface area contributed by atoms with Crippen molar-refractivity contribution in [3.63, 3.8) is 0 Å². The van der Waals surface area contributed by atoms with Crippen molar-refractivity contribution in [3.8, 4) is 5.82 Å². The van der Waals surface area contributed by atoms with Gasteiger partial charge in [-0.2, -0.15) is 5.10 Å². The maximum Gasteiger partial charge on any atom is 0.170 e. The summed E-state index contributed by atoms with van der Waals surface area (Å²) < 4.78 is 7.98. The van der Waals surface area contributed by atoms with Crippen LogP contribution < -0.4 is 0 Å². The lowest BCUT2D eigenvalue weighted by molar-refractivity contribution is 0.111. The van der Waals surface area contributed by atoms with Gasteiger partial charge in [0, 0.05) is 37.2 Å². The molecule has 0 fully saturated rings. The van der Waals surface area contributed by atoms with Crippen molar-refractivity contribution in [1.29, 1.82) is 0 Å². The smallest absolute Gasteiger partial charge is 0.170 e. The molecule has 3 heterocycles. The van der Waals surface area contributed by atoms with Gasteiger partial charge in [-0.05, 0) is 19.1 Å². The summed E-state index contributed by atoms with van der Waals surface area (Å²) in [4.78, 5) is 14.8. The average Bonchev–Trinajstić information content (AvgIpc) is 3.12. The maximum absolute atomic E-state index is 10.6. The maximum atomic E-state index is 10.6. The quantitative estimate of drug-likeness (QED) is 0.698. The molecule has 0 aliphatic carbocycles. The predicted octanol–water partition coefficient (Wildman–Crippen LogP) is 2.64. The second kappa shape index (κ2) is 7.01. The zero-order valence-electron chi connectivity index (χ0n) is 11.7. The summed E-state index contributed by atoms with van der Waals surface area (Å²) >= 11 is 5.88. The van der Waals surface area contributed by atoms with E-state index in [2.05, 4.69) is 14.8 Å². The molecule has 0 saturated carbocycles. The van der Waals surface area contributed by atoms with E-state index in [1.54, 1.807) is 42.4 Å². The molecule has 0 aliphatic heterocycles. The summed E-state index contributed by atoms with van der Waals surface area (Å²) in [5.74, 6) is 0.754. The lowest BCUT2D eigenvalue weighted by Gasteiger charge is -2.00. The molecule has 3 aromatic rings. The highest BCUT2D eigenvalue weighted by Crippen LogP contribution is 2.15. The van der Waals surface area contributed by atoms with Gasteiger partial charge in [0.05, 0.1) is 6.20 Å². The molecule has 0 saturated heterocycles. The molecule has 0 aliphatic rings. The van der Waals surface area contributed by atoms with Gasteiger partial charge in [-0.25, -0.2) is 9.67 Å². The fourth-order valence-electron chi connectivity index (χ4n) is 1.64. The molecule has 0 N–H and O–H groups in total. The van der Waals surface area contributed by atoms with Crippen LogP contribution in [0.25, 0.3) is 11.5 Å². The molecule has 0 spiro atoms. The number of halogens is 1. The molecule has 7 heteroatoms. The molecule has 0 atom stereocenters. The van der Waals surface area contributed by atoms with Gasteiger partial charge in [-0.1, -0.05) is 11.6 Å². The van der Waals surface area contributed by atoms with E-state index >= 15 is 0 Å². The largest absolute Gasteiger partial charge is 0.385 e. The minimum Gasteiger partial charge on any atom is -0.385 e. The number of rotatable bonds is 3. The minimum atomic E-state index is 0.383. The fourth-order valence-corrected chi connectivity index (χ4v) is 1.79. The van der Waals surface area contributed by atoms with Gasteiger partial charge >= 0.3 is 0 Å². The highest BCUT2D eigenvalue weighted by atomic mass is 35.5. The van der Waals surface area contributed by atoms with Crippen molar-refractivity contribution < 1.29 is 9.53 Å². The molecule has 0 amide bonds. The second-order valence-electron chi connectivity index (χ2n) is 4.07. The number of aldehydes is 1. The Labute approximate surface area is 126 Å². The molecule has 21 heavy (non-hydrogen) atoms. The first-order valence-electron chi connectivity index (χ1n) is 6.32. The van der Waals surface area contributed by atoms with Crippen LogP contribution >= 0.6 is 11.6 Å². The highest BCUT2D eigenvalue weighted by molar-refractivity contribution is 6.30. The third kappa shape index (κ3) is 3.48. The molecule has 110 valence electrons. The number of imidazole rings is 1. The third-order valence-electron chi connectivity index (χ3n) is 2.71. The zero-order chi connectivity index (χ0) is 15.2. The van der Waals surface area contributed by atoms with Crippen molar-refractivity contribution in [2.24, 2.45) is 0 Å². The highest BCUT2D eigenvalue weighted by Gasteiger charge is 2.07. The number of aromatic nitrogens is 4. The van der Waals surface area contributed by atoms with Crippen LogP contribution in [0.15, 0.2) is 36.8 Å². The summed E-state index contributed by atoms with van der Waals surface area (Å²) in [6.07, 6.45) is 5.90. The van der Waals surface area contributed by atoms with E-state index in [-0.39, 0.29) is 0 Å². The molecule has 3 aromatic heterocycles. The van der Waals surface area contributed by atoms with E-state index in [4.69, 9.17) is 11.6 Å². The van der Waals surface area contributed by atoms with Gasteiger partial charge in [-0.15, -0.1) is 0 Å². The number of carbonyl (C=O) groups is 1. The van der Waals surface area contributed by atoms with E-state index < -0.39 is 0 Å². The number of pyridine rings is 1. The van der Waals surface area contributed by atoms with Crippen molar-refractivity contribution in [3.05, 3.63) is 47.5 Å². The van der Waals surface area contributed by atoms with Gasteiger partial charge < -0.3 is 4.74 Å². The lowest BCUT2D eigenvalue weighted by atomic mass is 10.5. The van der Waals surface area contributed by atoms with Crippen molar-refractivity contribution in [2.45, 2.75) is 6.92 Å². The van der Waals surface area contributed by atoms with E-state index in [1.165, 1.54) is 0 Å². The number of nitrogens with zero attached hydrogens (tertiary/aromatic N) is 4. The summed E-state index contributed by atoms with van der Waals surface area (Å²) in [7, 11) is 1.68. The van der Waals surface area contributed by atoms with Crippen LogP contribution in [0.2, 0.25) is 5.02 Å². The third-order valence-corrected chi connectivity index (χ3v) is 2.94. The number of fused-ring (bicyclic) bond motifs is 1. The van der Waals surface area contributed by atoms with Crippen LogP contribution in [0.3, 0.4) is 0 Å². The number of methoxy groups -OCH3 is 1. The van der Waals surface area contributed by atoms with Crippen molar-refractivity contribution >= 4 is 23.5 Å². The Kier molecular flexibility index (Phi) is 5.08. The van der Waals surface area contributed by atoms with Crippen LogP contribution in [0.4, 0.5) is 0 Å². The molecular formula is C14H15ClN4O2. The van der Waals surface area contributed by atoms with Crippen LogP contribution in [-0.2, 0) is 4.74 Å². The first kappa shape index (κ1) is 15.2. The summed E-state index contributed by atoms with van der Waals surface area (Å²) in [6, 6.07) is 5.17. The van der Waals surface area contributed by atoms with Gasteiger partial charge in [-0.3, -0.25) is 9.20 Å². The Bertz CT molecular complexity index is 733. The topological polar surface area (TPSA) is 61.4 Å². The summed E-state index contributed by atoms with van der Waals surface area (Å²) in [6.45, 7) is 2.78. The minimum absolute atomic E-state index is 0.383. The normalized spacial score (nSPS) is 10.2. The number of carbonyl (C=O) groups excluding carboxylic acids is 1. The molecule has 3 rings (SSSR count). The van der Waals surface area contributed by atoms with Crippen LogP contribution in [0.5, 0.6) is 0 Å².